The molecule has 2 saturated heterocycles. The first-order chi connectivity index (χ1) is 16.2. The highest BCUT2D eigenvalue weighted by Gasteiger charge is 2.29. The molecule has 2 aromatic heterocycles. The molecule has 9 heteroatoms. The summed E-state index contributed by atoms with van der Waals surface area (Å²) >= 11 is 0. The Labute approximate surface area is 192 Å². The number of hydrogen-bond acceptors (Lipinski definition) is 9. The molecule has 0 saturated carbocycles. The van der Waals surface area contributed by atoms with Crippen molar-refractivity contribution in [2.24, 2.45) is 0 Å². The number of rotatable bonds is 5. The van der Waals surface area contributed by atoms with Crippen molar-refractivity contribution in [3.63, 3.8) is 0 Å². The van der Waals surface area contributed by atoms with E-state index in [1.54, 1.807) is 7.11 Å². The Kier molecular flexibility index (Phi) is 6.48. The van der Waals surface area contributed by atoms with Gasteiger partial charge in [0.2, 0.25) is 0 Å². The van der Waals surface area contributed by atoms with E-state index < -0.39 is 0 Å². The Morgan fingerprint density at radius 2 is 2.03 bits per heavy atom. The van der Waals surface area contributed by atoms with Gasteiger partial charge in [-0.2, -0.15) is 0 Å². The molecule has 3 unspecified atom stereocenters. The summed E-state index contributed by atoms with van der Waals surface area (Å²) in [6.07, 6.45) is 1.40. The minimum Gasteiger partial charge on any atom is -0.496 e. The highest BCUT2D eigenvalue weighted by Crippen LogP contribution is 2.32. The molecule has 2 aliphatic heterocycles. The van der Waals surface area contributed by atoms with Gasteiger partial charge in [0.15, 0.2) is 5.82 Å². The van der Waals surface area contributed by atoms with E-state index in [4.69, 9.17) is 29.2 Å². The van der Waals surface area contributed by atoms with Gasteiger partial charge < -0.3 is 30.0 Å². The van der Waals surface area contributed by atoms with Crippen LogP contribution >= 0.6 is 0 Å². The molecular weight excluding hydrogens is 422 g/mol. The number of aliphatic hydroxyl groups excluding tert-OH is 1. The van der Waals surface area contributed by atoms with Crippen molar-refractivity contribution in [1.29, 1.82) is 0 Å². The molecule has 0 aliphatic carbocycles. The van der Waals surface area contributed by atoms with Crippen LogP contribution in [0, 0.1) is 0 Å². The van der Waals surface area contributed by atoms with Crippen LogP contribution in [0.3, 0.4) is 0 Å². The highest BCUT2D eigenvalue weighted by molar-refractivity contribution is 5.84. The molecule has 5 rings (SSSR count). The molecule has 2 aliphatic rings. The number of aliphatic hydroxyl groups is 1. The zero-order valence-corrected chi connectivity index (χ0v) is 18.9. The van der Waals surface area contributed by atoms with Gasteiger partial charge in [-0.1, -0.05) is 0 Å². The first kappa shape index (κ1) is 22.1. The van der Waals surface area contributed by atoms with Crippen LogP contribution in [-0.2, 0) is 16.1 Å². The topological polar surface area (TPSA) is 111 Å². The van der Waals surface area contributed by atoms with Gasteiger partial charge in [0.25, 0.3) is 0 Å². The number of hydrogen-bond donors (Lipinski definition) is 3. The van der Waals surface area contributed by atoms with Crippen molar-refractivity contribution in [1.82, 2.24) is 25.6 Å². The number of morpholine rings is 2. The maximum atomic E-state index is 9.72. The summed E-state index contributed by atoms with van der Waals surface area (Å²) in [5.41, 5.74) is 3.96. The third-order valence-corrected chi connectivity index (χ3v) is 6.18. The predicted molar refractivity (Wildman–Crippen MR) is 123 cm³/mol. The zero-order valence-electron chi connectivity index (χ0n) is 18.9. The van der Waals surface area contributed by atoms with Gasteiger partial charge in [0.1, 0.15) is 18.0 Å². The first-order valence-corrected chi connectivity index (χ1v) is 11.3. The second kappa shape index (κ2) is 9.66. The van der Waals surface area contributed by atoms with Crippen LogP contribution < -0.4 is 15.4 Å². The lowest BCUT2D eigenvalue weighted by Crippen LogP contribution is -2.42. The van der Waals surface area contributed by atoms with E-state index in [0.717, 1.165) is 40.9 Å². The van der Waals surface area contributed by atoms with E-state index >= 15 is 0 Å². The average Bonchev–Trinajstić information content (AvgIpc) is 2.88. The van der Waals surface area contributed by atoms with Gasteiger partial charge >= 0.3 is 0 Å². The highest BCUT2D eigenvalue weighted by atomic mass is 16.5. The number of nitrogens with one attached hydrogen (secondary N) is 2. The Morgan fingerprint density at radius 3 is 2.79 bits per heavy atom. The number of ether oxygens (including phenoxy) is 3. The van der Waals surface area contributed by atoms with E-state index in [9.17, 15) is 5.11 Å². The van der Waals surface area contributed by atoms with Crippen molar-refractivity contribution in [2.75, 3.05) is 40.0 Å². The molecule has 4 heterocycles. The van der Waals surface area contributed by atoms with Crippen LogP contribution in [0.5, 0.6) is 5.75 Å². The summed E-state index contributed by atoms with van der Waals surface area (Å²) in [5.74, 6) is 1.29. The van der Waals surface area contributed by atoms with Gasteiger partial charge in [-0.05, 0) is 31.2 Å². The summed E-state index contributed by atoms with van der Waals surface area (Å²) < 4.78 is 17.4. The van der Waals surface area contributed by atoms with Crippen molar-refractivity contribution in [3.8, 4) is 17.0 Å². The third-order valence-electron chi connectivity index (χ3n) is 6.18. The summed E-state index contributed by atoms with van der Waals surface area (Å²) in [4.78, 5) is 14.5. The van der Waals surface area contributed by atoms with E-state index in [2.05, 4.69) is 17.6 Å². The number of methoxy groups -OCH3 is 1. The molecule has 3 atom stereocenters. The summed E-state index contributed by atoms with van der Waals surface area (Å²) in [7, 11) is 1.59. The number of benzene rings is 1. The molecule has 0 radical (unpaired) electrons. The zero-order chi connectivity index (χ0) is 22.8. The fourth-order valence-electron chi connectivity index (χ4n) is 4.42. The minimum absolute atomic E-state index is 0.114. The Morgan fingerprint density at radius 1 is 1.15 bits per heavy atom. The molecule has 0 bridgehead atoms. The number of aromatic nitrogens is 3. The van der Waals surface area contributed by atoms with E-state index in [0.29, 0.717) is 36.9 Å². The molecule has 2 fully saturated rings. The van der Waals surface area contributed by atoms with Gasteiger partial charge in [-0.3, -0.25) is 4.98 Å². The largest absolute Gasteiger partial charge is 0.496 e. The SMILES string of the molecule is COc1ccc(-c2cc3nc(C4CNCCO4)nc(C4OCCNC4C)c3cn2)cc1CO. The van der Waals surface area contributed by atoms with Crippen LogP contribution in [-0.4, -0.2) is 66.1 Å². The van der Waals surface area contributed by atoms with Crippen molar-refractivity contribution >= 4 is 10.9 Å². The first-order valence-electron chi connectivity index (χ1n) is 11.3. The standard InChI is InChI=1S/C24H29N5O4/c1-14-23(33-8-6-26-14)22-17-11-27-18(15-3-4-20(31-2)16(9-15)13-30)10-19(17)28-24(29-22)21-12-25-5-7-32-21/h3-4,9-11,14,21,23,25-26,30H,5-8,12-13H2,1-2H3. The van der Waals surface area contributed by atoms with E-state index in [-0.39, 0.29) is 24.9 Å². The lowest BCUT2D eigenvalue weighted by atomic mass is 10.0. The van der Waals surface area contributed by atoms with E-state index in [1.807, 2.05) is 30.5 Å². The van der Waals surface area contributed by atoms with Gasteiger partial charge in [-0.15, -0.1) is 0 Å². The molecule has 33 heavy (non-hydrogen) atoms. The monoisotopic (exact) mass is 451 g/mol. The second-order valence-electron chi connectivity index (χ2n) is 8.34. The van der Waals surface area contributed by atoms with Crippen LogP contribution in [0.2, 0.25) is 0 Å². The van der Waals surface area contributed by atoms with Crippen LogP contribution in [0.15, 0.2) is 30.5 Å². The molecular formula is C24H29N5O4. The minimum atomic E-state index is -0.215. The van der Waals surface area contributed by atoms with Crippen LogP contribution in [0.1, 0.15) is 36.2 Å². The van der Waals surface area contributed by atoms with Crippen LogP contribution in [0.4, 0.5) is 0 Å². The smallest absolute Gasteiger partial charge is 0.159 e. The molecule has 3 aromatic rings. The van der Waals surface area contributed by atoms with Crippen molar-refractivity contribution in [3.05, 3.63) is 47.5 Å². The Bertz CT molecular complexity index is 1140. The van der Waals surface area contributed by atoms with Gasteiger partial charge in [0.05, 0.1) is 43.8 Å². The summed E-state index contributed by atoms with van der Waals surface area (Å²) in [6.45, 7) is 5.54. The lowest BCUT2D eigenvalue weighted by Gasteiger charge is -2.31. The van der Waals surface area contributed by atoms with Crippen LogP contribution in [0.25, 0.3) is 22.2 Å². The second-order valence-corrected chi connectivity index (χ2v) is 8.34. The number of pyridine rings is 1. The average molecular weight is 452 g/mol. The fourth-order valence-corrected chi connectivity index (χ4v) is 4.42. The molecule has 0 amide bonds. The lowest BCUT2D eigenvalue weighted by molar-refractivity contribution is -0.00375. The third kappa shape index (κ3) is 4.42. The fraction of sp³-hybridized carbons (Fsp3) is 0.458. The summed E-state index contributed by atoms with van der Waals surface area (Å²) in [5, 5.41) is 17.4. The Hall–Kier alpha value is -2.69. The molecule has 3 N–H and O–H groups in total. The van der Waals surface area contributed by atoms with Crippen molar-refractivity contribution in [2.45, 2.75) is 31.8 Å². The maximum absolute atomic E-state index is 9.72. The van der Waals surface area contributed by atoms with Gasteiger partial charge in [-0.25, -0.2) is 9.97 Å². The summed E-state index contributed by atoms with van der Waals surface area (Å²) in [6, 6.07) is 7.74. The molecule has 0 spiro atoms. The molecule has 9 nitrogen and oxygen atoms in total. The Balaban J connectivity index is 1.62. The van der Waals surface area contributed by atoms with E-state index in [1.165, 1.54) is 0 Å². The molecule has 1 aromatic carbocycles. The quantitative estimate of drug-likeness (QED) is 0.536. The maximum Gasteiger partial charge on any atom is 0.159 e. The molecule has 174 valence electrons. The normalized spacial score (nSPS) is 23.5. The number of nitrogens with zero attached hydrogens (tertiary/aromatic N) is 3. The van der Waals surface area contributed by atoms with Gasteiger partial charge in [0, 0.05) is 48.4 Å². The van der Waals surface area contributed by atoms with Crippen molar-refractivity contribution < 1.29 is 19.3 Å². The number of fused-ring (bicyclic) bond motifs is 1. The predicted octanol–water partition coefficient (Wildman–Crippen LogP) is 1.90.